The van der Waals surface area contributed by atoms with Gasteiger partial charge in [0.25, 0.3) is 5.91 Å². The van der Waals surface area contributed by atoms with Crippen LogP contribution in [0.1, 0.15) is 18.1 Å². The van der Waals surface area contributed by atoms with E-state index in [4.69, 9.17) is 0 Å². The lowest BCUT2D eigenvalue weighted by Crippen LogP contribution is -2.56. The van der Waals surface area contributed by atoms with Crippen molar-refractivity contribution in [1.82, 2.24) is 20.4 Å². The summed E-state index contributed by atoms with van der Waals surface area (Å²) in [6.45, 7) is 7.86. The van der Waals surface area contributed by atoms with Gasteiger partial charge in [0.15, 0.2) is 0 Å². The van der Waals surface area contributed by atoms with Crippen molar-refractivity contribution in [3.63, 3.8) is 0 Å². The fourth-order valence-electron chi connectivity index (χ4n) is 5.62. The summed E-state index contributed by atoms with van der Waals surface area (Å²) in [4.78, 5) is 49.1. The molecule has 0 spiro atoms. The first kappa shape index (κ1) is 28.7. The van der Waals surface area contributed by atoms with E-state index in [0.717, 1.165) is 48.1 Å². The zero-order valence-corrected chi connectivity index (χ0v) is 24.4. The minimum atomic E-state index is -0.905. The fraction of sp³-hybridized carbons (Fsp3) is 0.406. The third kappa shape index (κ3) is 6.12. The highest BCUT2D eigenvalue weighted by molar-refractivity contribution is 6.08. The van der Waals surface area contributed by atoms with Crippen LogP contribution in [0.15, 0.2) is 60.7 Å². The van der Waals surface area contributed by atoms with Crippen molar-refractivity contribution in [3.05, 3.63) is 71.8 Å². The molecule has 0 bridgehead atoms. The molecule has 9 heteroatoms. The Hall–Kier alpha value is -3.79. The number of nitrogens with one attached hydrogen (secondary N) is 2. The van der Waals surface area contributed by atoms with E-state index in [1.165, 1.54) is 0 Å². The van der Waals surface area contributed by atoms with Crippen LogP contribution in [0.25, 0.3) is 10.8 Å². The molecule has 2 N–H and O–H groups in total. The van der Waals surface area contributed by atoms with Crippen molar-refractivity contribution in [1.29, 1.82) is 0 Å². The summed E-state index contributed by atoms with van der Waals surface area (Å²) in [5, 5.41) is 8.07. The predicted molar refractivity (Wildman–Crippen MR) is 163 cm³/mol. The van der Waals surface area contributed by atoms with Gasteiger partial charge in [-0.3, -0.25) is 19.3 Å². The van der Waals surface area contributed by atoms with Crippen molar-refractivity contribution in [3.8, 4) is 0 Å². The molecule has 9 nitrogen and oxygen atoms in total. The number of anilines is 2. The maximum absolute atomic E-state index is 14.3. The summed E-state index contributed by atoms with van der Waals surface area (Å²) < 4.78 is 0. The first-order valence-electron chi connectivity index (χ1n) is 14.3. The van der Waals surface area contributed by atoms with E-state index in [1.54, 1.807) is 23.8 Å². The number of hydrogen-bond acceptors (Lipinski definition) is 6. The molecule has 1 saturated heterocycles. The normalized spacial score (nSPS) is 19.1. The molecule has 3 amide bonds. The Morgan fingerprint density at radius 1 is 0.951 bits per heavy atom. The molecular weight excluding hydrogens is 516 g/mol. The lowest BCUT2D eigenvalue weighted by atomic mass is 9.99. The Balaban J connectivity index is 1.55. The number of aryl methyl sites for hydroxylation is 1. The molecule has 0 aromatic heterocycles. The quantitative estimate of drug-likeness (QED) is 0.465. The fourth-order valence-corrected chi connectivity index (χ4v) is 5.62. The number of fused-ring (bicyclic) bond motifs is 2. The number of carbonyl (C=O) groups is 3. The van der Waals surface area contributed by atoms with Crippen LogP contribution in [-0.4, -0.2) is 93.0 Å². The number of amides is 3. The second-order valence-corrected chi connectivity index (χ2v) is 11.2. The smallest absolute Gasteiger partial charge is 0.251 e. The summed E-state index contributed by atoms with van der Waals surface area (Å²) in [5.74, 6) is -0.611. The number of likely N-dealkylation sites (N-methyl/N-ethyl adjacent to an activating group) is 2. The van der Waals surface area contributed by atoms with Crippen LogP contribution in [0.4, 0.5) is 11.4 Å². The van der Waals surface area contributed by atoms with Crippen LogP contribution in [-0.2, 0) is 20.9 Å². The highest BCUT2D eigenvalue weighted by atomic mass is 16.2. The van der Waals surface area contributed by atoms with Gasteiger partial charge in [0.1, 0.15) is 6.04 Å². The van der Waals surface area contributed by atoms with Crippen LogP contribution >= 0.6 is 0 Å². The topological polar surface area (TPSA) is 88.2 Å². The first-order valence-corrected chi connectivity index (χ1v) is 14.3. The molecule has 3 aromatic carbocycles. The second kappa shape index (κ2) is 12.4. The van der Waals surface area contributed by atoms with Gasteiger partial charge >= 0.3 is 0 Å². The molecule has 2 heterocycles. The van der Waals surface area contributed by atoms with Gasteiger partial charge in [-0.05, 0) is 62.0 Å². The van der Waals surface area contributed by atoms with Crippen molar-refractivity contribution >= 4 is 39.9 Å². The van der Waals surface area contributed by atoms with E-state index in [1.807, 2.05) is 36.4 Å². The van der Waals surface area contributed by atoms with Crippen molar-refractivity contribution in [2.24, 2.45) is 0 Å². The van der Waals surface area contributed by atoms with Gasteiger partial charge in [-0.15, -0.1) is 0 Å². The first-order chi connectivity index (χ1) is 19.8. The SMILES string of the molecule is CNC(C)C(=O)NC1CN(C(=O)CN2CCN(C)CC2)c2ccccc2N(Cc2c(C)ccc3ccccc23)C1=O. The molecule has 41 heavy (non-hydrogen) atoms. The molecule has 0 saturated carbocycles. The Bertz CT molecular complexity index is 1430. The minimum absolute atomic E-state index is 0.0651. The Labute approximate surface area is 242 Å². The summed E-state index contributed by atoms with van der Waals surface area (Å²) in [7, 11) is 3.79. The van der Waals surface area contributed by atoms with Gasteiger partial charge in [0.05, 0.1) is 37.1 Å². The maximum atomic E-state index is 14.3. The van der Waals surface area contributed by atoms with Gasteiger partial charge in [0.2, 0.25) is 11.8 Å². The third-order valence-electron chi connectivity index (χ3n) is 8.38. The number of carbonyl (C=O) groups excluding carboxylic acids is 3. The van der Waals surface area contributed by atoms with E-state index in [2.05, 4.69) is 58.7 Å². The zero-order valence-electron chi connectivity index (χ0n) is 24.4. The van der Waals surface area contributed by atoms with Crippen molar-refractivity contribution in [2.45, 2.75) is 32.5 Å². The van der Waals surface area contributed by atoms with E-state index >= 15 is 0 Å². The summed E-state index contributed by atoms with van der Waals surface area (Å²) >= 11 is 0. The molecule has 2 atom stereocenters. The van der Waals surface area contributed by atoms with Crippen LogP contribution in [0.3, 0.4) is 0 Å². The predicted octanol–water partition coefficient (Wildman–Crippen LogP) is 2.37. The van der Waals surface area contributed by atoms with Crippen LogP contribution in [0.2, 0.25) is 0 Å². The van der Waals surface area contributed by atoms with Gasteiger partial charge in [-0.2, -0.15) is 0 Å². The molecule has 5 rings (SSSR count). The van der Waals surface area contributed by atoms with Gasteiger partial charge in [0, 0.05) is 26.2 Å². The molecule has 2 aliphatic rings. The summed E-state index contributed by atoms with van der Waals surface area (Å²) in [6, 6.07) is 18.5. The van der Waals surface area contributed by atoms with E-state index in [9.17, 15) is 14.4 Å². The molecular formula is C32H40N6O3. The Morgan fingerprint density at radius 3 is 2.37 bits per heavy atom. The third-order valence-corrected chi connectivity index (χ3v) is 8.38. The van der Waals surface area contributed by atoms with Crippen LogP contribution in [0, 0.1) is 6.92 Å². The molecule has 2 aliphatic heterocycles. The van der Waals surface area contributed by atoms with E-state index < -0.39 is 12.1 Å². The highest BCUT2D eigenvalue weighted by Crippen LogP contribution is 2.35. The van der Waals surface area contributed by atoms with Crippen LogP contribution in [0.5, 0.6) is 0 Å². The van der Waals surface area contributed by atoms with Gasteiger partial charge in [-0.1, -0.05) is 48.5 Å². The molecule has 2 unspecified atom stereocenters. The molecule has 1 fully saturated rings. The summed E-state index contributed by atoms with van der Waals surface area (Å²) in [6.07, 6.45) is 0. The highest BCUT2D eigenvalue weighted by Gasteiger charge is 2.38. The van der Waals surface area contributed by atoms with Gasteiger partial charge in [-0.25, -0.2) is 0 Å². The van der Waals surface area contributed by atoms with Crippen LogP contribution < -0.4 is 20.4 Å². The summed E-state index contributed by atoms with van der Waals surface area (Å²) in [5.41, 5.74) is 3.45. The monoisotopic (exact) mass is 556 g/mol. The molecule has 3 aromatic rings. The average molecular weight is 557 g/mol. The van der Waals surface area contributed by atoms with Gasteiger partial charge < -0.3 is 25.3 Å². The number of nitrogens with zero attached hydrogens (tertiary/aromatic N) is 4. The standard InChI is InChI=1S/C32H40N6O3/c1-22-13-14-24-9-5-6-10-25(24)26(22)19-38-29-12-8-7-11-28(29)37(30(39)21-36-17-15-35(4)16-18-36)20-27(32(38)41)34-31(40)23(2)33-3/h5-14,23,27,33H,15-21H2,1-4H3,(H,34,40). The lowest BCUT2D eigenvalue weighted by Gasteiger charge is -2.34. The van der Waals surface area contributed by atoms with Crippen molar-refractivity contribution < 1.29 is 14.4 Å². The maximum Gasteiger partial charge on any atom is 0.251 e. The Morgan fingerprint density at radius 2 is 1.63 bits per heavy atom. The van der Waals surface area contributed by atoms with E-state index in [-0.39, 0.29) is 30.8 Å². The van der Waals surface area contributed by atoms with E-state index in [0.29, 0.717) is 17.9 Å². The van der Waals surface area contributed by atoms with Crippen molar-refractivity contribution in [2.75, 3.05) is 63.2 Å². The minimum Gasteiger partial charge on any atom is -0.341 e. The largest absolute Gasteiger partial charge is 0.341 e. The molecule has 0 radical (unpaired) electrons. The number of hydrogen-bond donors (Lipinski definition) is 2. The number of para-hydroxylation sites is 2. The lowest BCUT2D eigenvalue weighted by molar-refractivity contribution is -0.128. The molecule has 0 aliphatic carbocycles. The number of rotatable bonds is 7. The second-order valence-electron chi connectivity index (χ2n) is 11.2. The Kier molecular flexibility index (Phi) is 8.68. The average Bonchev–Trinajstić information content (AvgIpc) is 3.09. The number of benzene rings is 3. The number of piperazine rings is 1. The zero-order chi connectivity index (χ0) is 29.1. The molecule has 216 valence electrons.